The second-order valence-electron chi connectivity index (χ2n) is 4.36. The van der Waals surface area contributed by atoms with Gasteiger partial charge in [0, 0.05) is 29.1 Å². The number of nitrogens with two attached hydrogens (primary N) is 1. The Labute approximate surface area is 89.0 Å². The van der Waals surface area contributed by atoms with Crippen molar-refractivity contribution in [3.05, 3.63) is 16.6 Å². The first kappa shape index (κ1) is 11.6. The molecule has 0 aliphatic carbocycles. The number of rotatable bonds is 4. The molecule has 0 saturated carbocycles. The Bertz CT molecular complexity index is 279. The highest BCUT2D eigenvalue weighted by molar-refractivity contribution is 7.09. The topological polar surface area (TPSA) is 59.1 Å². The fourth-order valence-electron chi connectivity index (χ4n) is 1.42. The Morgan fingerprint density at radius 1 is 1.50 bits per heavy atom. The Kier molecular flexibility index (Phi) is 3.29. The largest absolute Gasteiger partial charge is 0.396 e. The van der Waals surface area contributed by atoms with Crippen LogP contribution in [0.5, 0.6) is 0 Å². The van der Waals surface area contributed by atoms with Crippen molar-refractivity contribution in [3.63, 3.8) is 0 Å². The minimum atomic E-state index is -0.381. The summed E-state index contributed by atoms with van der Waals surface area (Å²) in [5.74, 6) is 0. The first-order chi connectivity index (χ1) is 6.42. The van der Waals surface area contributed by atoms with Gasteiger partial charge in [0.2, 0.25) is 0 Å². The molecule has 1 atom stereocenters. The third-order valence-corrected chi connectivity index (χ3v) is 3.98. The molecule has 0 spiro atoms. The smallest absolute Gasteiger partial charge is 0.100 e. The maximum absolute atomic E-state index is 9.09. The van der Waals surface area contributed by atoms with E-state index in [2.05, 4.69) is 11.9 Å². The van der Waals surface area contributed by atoms with Crippen molar-refractivity contribution in [2.45, 2.75) is 38.1 Å². The number of nitrogens with zero attached hydrogens (tertiary/aromatic N) is 1. The molecule has 3 N–H and O–H groups in total. The summed E-state index contributed by atoms with van der Waals surface area (Å²) in [6.45, 7) is 6.15. The lowest BCUT2D eigenvalue weighted by Crippen LogP contribution is -2.52. The van der Waals surface area contributed by atoms with Crippen LogP contribution >= 0.6 is 11.3 Å². The van der Waals surface area contributed by atoms with Gasteiger partial charge in [-0.1, -0.05) is 6.92 Å². The fourth-order valence-corrected chi connectivity index (χ4v) is 2.42. The van der Waals surface area contributed by atoms with Crippen LogP contribution in [-0.4, -0.2) is 22.2 Å². The number of aliphatic hydroxyl groups excluding tert-OH is 1. The molecule has 0 radical (unpaired) electrons. The Morgan fingerprint density at radius 3 is 2.50 bits per heavy atom. The lowest BCUT2D eigenvalue weighted by molar-refractivity contribution is 0.190. The van der Waals surface area contributed by atoms with Gasteiger partial charge >= 0.3 is 0 Å². The van der Waals surface area contributed by atoms with E-state index in [9.17, 15) is 0 Å². The highest BCUT2D eigenvalue weighted by Crippen LogP contribution is 2.37. The van der Waals surface area contributed by atoms with Crippen molar-refractivity contribution in [1.82, 2.24) is 4.98 Å². The molecule has 0 aliphatic rings. The summed E-state index contributed by atoms with van der Waals surface area (Å²) in [6, 6.07) is 0. The number of hydrogen-bond acceptors (Lipinski definition) is 4. The summed E-state index contributed by atoms with van der Waals surface area (Å²) in [4.78, 5) is 4.30. The van der Waals surface area contributed by atoms with E-state index < -0.39 is 0 Å². The van der Waals surface area contributed by atoms with Crippen LogP contribution in [0, 0.1) is 0 Å². The average molecular weight is 214 g/mol. The van der Waals surface area contributed by atoms with Crippen molar-refractivity contribution >= 4 is 11.3 Å². The van der Waals surface area contributed by atoms with Crippen LogP contribution in [0.25, 0.3) is 0 Å². The molecule has 3 nitrogen and oxygen atoms in total. The van der Waals surface area contributed by atoms with E-state index in [0.717, 1.165) is 5.01 Å². The van der Waals surface area contributed by atoms with E-state index in [1.807, 2.05) is 19.2 Å². The van der Waals surface area contributed by atoms with E-state index in [4.69, 9.17) is 10.8 Å². The van der Waals surface area contributed by atoms with Gasteiger partial charge in [-0.3, -0.25) is 0 Å². The predicted octanol–water partition coefficient (Wildman–Crippen LogP) is 1.52. The Balaban J connectivity index is 3.06. The molecular formula is C10H18N2OS. The maximum Gasteiger partial charge on any atom is 0.100 e. The van der Waals surface area contributed by atoms with E-state index in [1.165, 1.54) is 0 Å². The van der Waals surface area contributed by atoms with Crippen LogP contribution in [-0.2, 0) is 5.41 Å². The normalized spacial score (nSPS) is 16.6. The van der Waals surface area contributed by atoms with Crippen molar-refractivity contribution in [1.29, 1.82) is 0 Å². The van der Waals surface area contributed by atoms with Gasteiger partial charge in [0.15, 0.2) is 0 Å². The van der Waals surface area contributed by atoms with Crippen molar-refractivity contribution < 1.29 is 5.11 Å². The molecule has 0 fully saturated rings. The molecule has 0 aromatic carbocycles. The van der Waals surface area contributed by atoms with Gasteiger partial charge in [0.25, 0.3) is 0 Å². The zero-order valence-electron chi connectivity index (χ0n) is 8.95. The summed E-state index contributed by atoms with van der Waals surface area (Å²) < 4.78 is 0. The van der Waals surface area contributed by atoms with Crippen LogP contribution in [0.2, 0.25) is 0 Å². The molecule has 0 aliphatic heterocycles. The monoisotopic (exact) mass is 214 g/mol. The van der Waals surface area contributed by atoms with Gasteiger partial charge in [-0.25, -0.2) is 4.98 Å². The second-order valence-corrected chi connectivity index (χ2v) is 5.26. The molecule has 1 unspecified atom stereocenters. The summed E-state index contributed by atoms with van der Waals surface area (Å²) in [7, 11) is 0. The van der Waals surface area contributed by atoms with Crippen molar-refractivity contribution in [3.8, 4) is 0 Å². The van der Waals surface area contributed by atoms with Crippen LogP contribution in [0.15, 0.2) is 11.6 Å². The van der Waals surface area contributed by atoms with Gasteiger partial charge in [-0.15, -0.1) is 11.3 Å². The highest BCUT2D eigenvalue weighted by Gasteiger charge is 2.41. The lowest BCUT2D eigenvalue weighted by atomic mass is 9.72. The minimum absolute atomic E-state index is 0.136. The van der Waals surface area contributed by atoms with E-state index in [-0.39, 0.29) is 17.6 Å². The Morgan fingerprint density at radius 2 is 2.14 bits per heavy atom. The van der Waals surface area contributed by atoms with Crippen LogP contribution < -0.4 is 5.73 Å². The molecule has 1 aromatic heterocycles. The number of aliphatic hydroxyl groups is 1. The standard InChI is InChI=1S/C10H18N2OS/c1-9(2,11)10(3,4-6-13)8-12-5-7-14-8/h5,7,13H,4,6,11H2,1-3H3. The zero-order valence-corrected chi connectivity index (χ0v) is 9.77. The van der Waals surface area contributed by atoms with Crippen molar-refractivity contribution in [2.75, 3.05) is 6.61 Å². The van der Waals surface area contributed by atoms with Crippen LogP contribution in [0.4, 0.5) is 0 Å². The summed E-state index contributed by atoms with van der Waals surface area (Å²) >= 11 is 1.59. The molecule has 1 rings (SSSR count). The van der Waals surface area contributed by atoms with Gasteiger partial charge in [-0.2, -0.15) is 0 Å². The molecule has 0 bridgehead atoms. The lowest BCUT2D eigenvalue weighted by Gasteiger charge is -2.39. The minimum Gasteiger partial charge on any atom is -0.396 e. The quantitative estimate of drug-likeness (QED) is 0.799. The highest BCUT2D eigenvalue weighted by atomic mass is 32.1. The van der Waals surface area contributed by atoms with Gasteiger partial charge < -0.3 is 10.8 Å². The van der Waals surface area contributed by atoms with Crippen LogP contribution in [0.1, 0.15) is 32.2 Å². The SMILES string of the molecule is CC(C)(N)C(C)(CCO)c1nccs1. The second kappa shape index (κ2) is 3.96. The number of aromatic nitrogens is 1. The van der Waals surface area contributed by atoms with Crippen LogP contribution in [0.3, 0.4) is 0 Å². The molecule has 0 saturated heterocycles. The molecule has 1 heterocycles. The summed E-state index contributed by atoms with van der Waals surface area (Å²) in [5, 5.41) is 12.0. The van der Waals surface area contributed by atoms with E-state index in [0.29, 0.717) is 6.42 Å². The van der Waals surface area contributed by atoms with Gasteiger partial charge in [0.1, 0.15) is 5.01 Å². The molecule has 1 aromatic rings. The molecule has 14 heavy (non-hydrogen) atoms. The van der Waals surface area contributed by atoms with Gasteiger partial charge in [-0.05, 0) is 20.3 Å². The average Bonchev–Trinajstić information content (AvgIpc) is 2.54. The maximum atomic E-state index is 9.09. The van der Waals surface area contributed by atoms with Gasteiger partial charge in [0.05, 0.1) is 0 Å². The third kappa shape index (κ3) is 1.97. The fraction of sp³-hybridized carbons (Fsp3) is 0.700. The molecular weight excluding hydrogens is 196 g/mol. The molecule has 0 amide bonds. The Hall–Kier alpha value is -0.450. The van der Waals surface area contributed by atoms with E-state index >= 15 is 0 Å². The first-order valence-electron chi connectivity index (χ1n) is 4.71. The number of hydrogen-bond donors (Lipinski definition) is 2. The van der Waals surface area contributed by atoms with Crippen molar-refractivity contribution in [2.24, 2.45) is 5.73 Å². The molecule has 80 valence electrons. The predicted molar refractivity (Wildman–Crippen MR) is 59.4 cm³/mol. The summed E-state index contributed by atoms with van der Waals surface area (Å²) in [5.41, 5.74) is 5.51. The molecule has 4 heteroatoms. The number of thiazole rings is 1. The van der Waals surface area contributed by atoms with E-state index in [1.54, 1.807) is 17.5 Å². The third-order valence-electron chi connectivity index (χ3n) is 2.94. The summed E-state index contributed by atoms with van der Waals surface area (Å²) in [6.07, 6.45) is 2.42. The first-order valence-corrected chi connectivity index (χ1v) is 5.59. The zero-order chi connectivity index (χ0) is 10.8.